The normalized spacial score (nSPS) is 20.1. The van der Waals surface area contributed by atoms with Crippen molar-refractivity contribution in [1.29, 1.82) is 0 Å². The number of fused-ring (bicyclic) bond motifs is 1. The Hall–Kier alpha value is -2.97. The van der Waals surface area contributed by atoms with Crippen LogP contribution in [0.4, 0.5) is 11.8 Å². The van der Waals surface area contributed by atoms with E-state index in [2.05, 4.69) is 32.7 Å². The van der Waals surface area contributed by atoms with Gasteiger partial charge in [-0.15, -0.1) is 0 Å². The molecule has 0 unspecified atom stereocenters. The summed E-state index contributed by atoms with van der Waals surface area (Å²) in [5.41, 5.74) is 2.72. The summed E-state index contributed by atoms with van der Waals surface area (Å²) in [6, 6.07) is 8.81. The number of likely N-dealkylation sites (N-methyl/N-ethyl adjacent to an activating group) is 1. The molecule has 1 amide bonds. The van der Waals surface area contributed by atoms with Gasteiger partial charge in [-0.05, 0) is 61.8 Å². The molecule has 2 aliphatic rings. The maximum absolute atomic E-state index is 12.4. The van der Waals surface area contributed by atoms with Crippen LogP contribution in [0.3, 0.4) is 0 Å². The van der Waals surface area contributed by atoms with Crippen LogP contribution in [-0.4, -0.2) is 64.6 Å². The second kappa shape index (κ2) is 11.0. The van der Waals surface area contributed by atoms with Crippen LogP contribution >= 0.6 is 11.6 Å². The van der Waals surface area contributed by atoms with Gasteiger partial charge in [-0.3, -0.25) is 4.79 Å². The molecule has 0 spiro atoms. The molecule has 1 saturated carbocycles. The van der Waals surface area contributed by atoms with Gasteiger partial charge < -0.3 is 20.3 Å². The lowest BCUT2D eigenvalue weighted by molar-refractivity contribution is -0.140. The predicted octanol–water partition coefficient (Wildman–Crippen LogP) is 4.47. The molecule has 8 nitrogen and oxygen atoms in total. The highest BCUT2D eigenvalue weighted by Gasteiger charge is 2.26. The van der Waals surface area contributed by atoms with E-state index in [0.717, 1.165) is 65.1 Å². The third-order valence-corrected chi connectivity index (χ3v) is 7.84. The third-order valence-electron chi connectivity index (χ3n) is 7.36. The van der Waals surface area contributed by atoms with Crippen molar-refractivity contribution in [3.63, 3.8) is 0 Å². The second-order valence-corrected chi connectivity index (χ2v) is 10.4. The van der Waals surface area contributed by atoms with Gasteiger partial charge in [0.05, 0.1) is 36.2 Å². The van der Waals surface area contributed by atoms with E-state index in [-0.39, 0.29) is 11.9 Å². The molecule has 0 atom stereocenters. The molecular weight excluding hydrogens is 476 g/mol. The number of halogens is 1. The summed E-state index contributed by atoms with van der Waals surface area (Å²) in [5.74, 6) is 2.14. The number of amides is 1. The first-order chi connectivity index (χ1) is 17.5. The molecule has 0 bridgehead atoms. The zero-order valence-corrected chi connectivity index (χ0v) is 21.6. The summed E-state index contributed by atoms with van der Waals surface area (Å²) >= 11 is 6.48. The summed E-state index contributed by atoms with van der Waals surface area (Å²) in [4.78, 5) is 27.7. The summed E-state index contributed by atoms with van der Waals surface area (Å²) in [7, 11) is 1.82. The Kier molecular flexibility index (Phi) is 7.53. The Morgan fingerprint density at radius 3 is 2.53 bits per heavy atom. The number of rotatable bonds is 8. The lowest BCUT2D eigenvalue weighted by Gasteiger charge is -2.34. The standard InChI is InChI=1S/C27H33ClN6O2/c1-17-3-6-20-7-10-23(33-26(20)25(17)28)32-21-8-4-18(5-9-21)12-29-27-30-13-19(14-31-27)11-24(35)34(2)22-15-36-16-22/h3,6-7,10,13-14,18,21-22H,4-5,8-9,11-12,15-16H2,1-2H3,(H,32,33)(H,29,30,31). The fraction of sp³-hybridized carbons (Fsp3) is 0.481. The van der Waals surface area contributed by atoms with Crippen molar-refractivity contribution in [2.45, 2.75) is 51.1 Å². The number of aromatic nitrogens is 3. The number of nitrogens with one attached hydrogen (secondary N) is 2. The van der Waals surface area contributed by atoms with Gasteiger partial charge in [-0.2, -0.15) is 0 Å². The van der Waals surface area contributed by atoms with E-state index in [1.54, 1.807) is 17.3 Å². The maximum Gasteiger partial charge on any atom is 0.227 e. The van der Waals surface area contributed by atoms with Crippen LogP contribution in [-0.2, 0) is 16.0 Å². The molecule has 190 valence electrons. The molecular formula is C27H33ClN6O2. The van der Waals surface area contributed by atoms with E-state index in [4.69, 9.17) is 21.3 Å². The molecule has 1 aliphatic heterocycles. The van der Waals surface area contributed by atoms with Crippen molar-refractivity contribution < 1.29 is 9.53 Å². The summed E-state index contributed by atoms with van der Waals surface area (Å²) in [6.45, 7) is 4.09. The van der Waals surface area contributed by atoms with Crippen molar-refractivity contribution >= 4 is 40.2 Å². The van der Waals surface area contributed by atoms with Crippen molar-refractivity contribution in [3.05, 3.63) is 52.8 Å². The first kappa shape index (κ1) is 24.7. The van der Waals surface area contributed by atoms with Crippen LogP contribution in [0.1, 0.15) is 36.8 Å². The van der Waals surface area contributed by atoms with E-state index in [1.165, 1.54) is 0 Å². The molecule has 3 aromatic rings. The van der Waals surface area contributed by atoms with E-state index in [9.17, 15) is 4.79 Å². The number of carbonyl (C=O) groups excluding carboxylic acids is 1. The Morgan fingerprint density at radius 2 is 1.83 bits per heavy atom. The van der Waals surface area contributed by atoms with Crippen LogP contribution in [0, 0.1) is 12.8 Å². The minimum Gasteiger partial charge on any atom is -0.377 e. The molecule has 0 radical (unpaired) electrons. The van der Waals surface area contributed by atoms with E-state index in [1.807, 2.05) is 26.1 Å². The zero-order chi connectivity index (χ0) is 25.1. The fourth-order valence-electron chi connectivity index (χ4n) is 4.78. The molecule has 2 aromatic heterocycles. The lowest BCUT2D eigenvalue weighted by Crippen LogP contribution is -2.50. The predicted molar refractivity (Wildman–Crippen MR) is 142 cm³/mol. The Balaban J connectivity index is 1.06. The topological polar surface area (TPSA) is 92.3 Å². The van der Waals surface area contributed by atoms with E-state index >= 15 is 0 Å². The number of hydrogen-bond acceptors (Lipinski definition) is 7. The lowest BCUT2D eigenvalue weighted by atomic mass is 9.86. The number of carbonyl (C=O) groups is 1. The van der Waals surface area contributed by atoms with Gasteiger partial charge in [0.15, 0.2) is 0 Å². The van der Waals surface area contributed by atoms with Crippen molar-refractivity contribution in [3.8, 4) is 0 Å². The number of ether oxygens (including phenoxy) is 1. The third kappa shape index (κ3) is 5.71. The monoisotopic (exact) mass is 508 g/mol. The van der Waals surface area contributed by atoms with Crippen molar-refractivity contribution in [1.82, 2.24) is 19.9 Å². The maximum atomic E-state index is 12.4. The van der Waals surface area contributed by atoms with E-state index < -0.39 is 0 Å². The number of nitrogens with zero attached hydrogens (tertiary/aromatic N) is 4. The van der Waals surface area contributed by atoms with E-state index in [0.29, 0.717) is 37.5 Å². The largest absolute Gasteiger partial charge is 0.377 e. The number of anilines is 2. The van der Waals surface area contributed by atoms with Gasteiger partial charge >= 0.3 is 0 Å². The highest BCUT2D eigenvalue weighted by atomic mass is 35.5. The summed E-state index contributed by atoms with van der Waals surface area (Å²) < 4.78 is 5.17. The molecule has 1 saturated heterocycles. The van der Waals surface area contributed by atoms with Crippen molar-refractivity contribution in [2.75, 3.05) is 37.4 Å². The minimum atomic E-state index is 0.0649. The van der Waals surface area contributed by atoms with Gasteiger partial charge in [0.25, 0.3) is 0 Å². The quantitative estimate of drug-likeness (QED) is 0.463. The summed E-state index contributed by atoms with van der Waals surface area (Å²) in [6.07, 6.45) is 8.23. The van der Waals surface area contributed by atoms with Gasteiger partial charge in [-0.1, -0.05) is 23.7 Å². The minimum absolute atomic E-state index is 0.0649. The van der Waals surface area contributed by atoms with Gasteiger partial charge in [-0.25, -0.2) is 15.0 Å². The van der Waals surface area contributed by atoms with Crippen LogP contribution < -0.4 is 10.6 Å². The molecule has 5 rings (SSSR count). The van der Waals surface area contributed by atoms with Crippen LogP contribution in [0.2, 0.25) is 5.02 Å². The van der Waals surface area contributed by atoms with Gasteiger partial charge in [0.1, 0.15) is 5.82 Å². The number of aryl methyl sites for hydroxylation is 1. The van der Waals surface area contributed by atoms with Crippen LogP contribution in [0.25, 0.3) is 10.9 Å². The molecule has 2 fully saturated rings. The molecule has 2 N–H and O–H groups in total. The molecule has 1 aromatic carbocycles. The number of benzene rings is 1. The number of pyridine rings is 1. The zero-order valence-electron chi connectivity index (χ0n) is 20.8. The average Bonchev–Trinajstić information content (AvgIpc) is 2.86. The Bertz CT molecular complexity index is 1210. The SMILES string of the molecule is Cc1ccc2ccc(NC3CCC(CNc4ncc(CC(=O)N(C)C5COC5)cn4)CC3)nc2c1Cl. The van der Waals surface area contributed by atoms with Crippen LogP contribution in [0.5, 0.6) is 0 Å². The first-order valence-corrected chi connectivity index (χ1v) is 13.0. The molecule has 3 heterocycles. The average molecular weight is 509 g/mol. The van der Waals surface area contributed by atoms with Gasteiger partial charge in [0.2, 0.25) is 11.9 Å². The molecule has 36 heavy (non-hydrogen) atoms. The smallest absolute Gasteiger partial charge is 0.227 e. The first-order valence-electron chi connectivity index (χ1n) is 12.7. The Labute approximate surface area is 216 Å². The number of hydrogen-bond donors (Lipinski definition) is 2. The van der Waals surface area contributed by atoms with Crippen molar-refractivity contribution in [2.24, 2.45) is 5.92 Å². The highest BCUT2D eigenvalue weighted by molar-refractivity contribution is 6.35. The molecule has 1 aliphatic carbocycles. The highest BCUT2D eigenvalue weighted by Crippen LogP contribution is 2.29. The van der Waals surface area contributed by atoms with Gasteiger partial charge in [0, 0.05) is 37.4 Å². The van der Waals surface area contributed by atoms with Crippen LogP contribution in [0.15, 0.2) is 36.7 Å². The Morgan fingerprint density at radius 1 is 1.11 bits per heavy atom. The summed E-state index contributed by atoms with van der Waals surface area (Å²) in [5, 5.41) is 8.76. The second-order valence-electron chi connectivity index (χ2n) is 10.00. The fourth-order valence-corrected chi connectivity index (χ4v) is 4.99. The molecule has 9 heteroatoms.